The Morgan fingerprint density at radius 3 is 2.37 bits per heavy atom. The minimum atomic E-state index is -1.46. The first-order valence-electron chi connectivity index (χ1n) is 10.1. The lowest BCUT2D eigenvalue weighted by molar-refractivity contribution is -0.138. The molecule has 1 fully saturated rings. The topological polar surface area (TPSA) is 113 Å². The van der Waals surface area contributed by atoms with Gasteiger partial charge >= 0.3 is 6.09 Å². The average molecular weight is 414 g/mol. The fourth-order valence-corrected chi connectivity index (χ4v) is 5.00. The summed E-state index contributed by atoms with van der Waals surface area (Å²) in [5.41, 5.74) is -0.641. The molecule has 4 aliphatic rings. The van der Waals surface area contributed by atoms with Gasteiger partial charge in [0.15, 0.2) is 5.78 Å². The molecule has 0 saturated heterocycles. The molecule has 8 nitrogen and oxygen atoms in total. The summed E-state index contributed by atoms with van der Waals surface area (Å²) in [7, 11) is 0. The van der Waals surface area contributed by atoms with E-state index in [1.165, 1.54) is 12.2 Å². The maximum absolute atomic E-state index is 13.0. The van der Waals surface area contributed by atoms with Gasteiger partial charge in [-0.2, -0.15) is 0 Å². The highest BCUT2D eigenvalue weighted by Crippen LogP contribution is 2.65. The molecule has 2 atom stereocenters. The normalized spacial score (nSPS) is 30.7. The van der Waals surface area contributed by atoms with E-state index in [1.807, 2.05) is 20.8 Å². The quantitative estimate of drug-likeness (QED) is 0.673. The second-order valence-electron chi connectivity index (χ2n) is 9.28. The Bertz CT molecular complexity index is 946. The van der Waals surface area contributed by atoms with Gasteiger partial charge in [-0.25, -0.2) is 4.79 Å². The molecule has 1 spiro atoms. The SMILES string of the molecule is CC1=C2C(=CC(C)(C)[C@H]2OC(=O)NCCN2C(=O)C=CC2=O)C(=O)[C@](C)(O)C12CC2. The van der Waals surface area contributed by atoms with Crippen LogP contribution in [0.4, 0.5) is 4.79 Å². The predicted molar refractivity (Wildman–Crippen MR) is 106 cm³/mol. The van der Waals surface area contributed by atoms with Crippen molar-refractivity contribution < 1.29 is 29.0 Å². The van der Waals surface area contributed by atoms with E-state index in [9.17, 15) is 24.3 Å². The molecular weight excluding hydrogens is 388 g/mol. The van der Waals surface area contributed by atoms with E-state index in [0.29, 0.717) is 11.1 Å². The summed E-state index contributed by atoms with van der Waals surface area (Å²) in [6.45, 7) is 7.35. The molecule has 0 radical (unpaired) electrons. The number of nitrogens with zero attached hydrogens (tertiary/aromatic N) is 1. The van der Waals surface area contributed by atoms with E-state index in [2.05, 4.69) is 5.32 Å². The molecule has 4 rings (SSSR count). The number of aliphatic hydroxyl groups is 1. The molecule has 3 aliphatic carbocycles. The number of carbonyl (C=O) groups is 4. The number of alkyl carbamates (subject to hydrolysis) is 1. The second kappa shape index (κ2) is 6.38. The number of hydrogen-bond acceptors (Lipinski definition) is 6. The first kappa shape index (κ1) is 20.5. The summed E-state index contributed by atoms with van der Waals surface area (Å²) in [6.07, 6.45) is 4.24. The van der Waals surface area contributed by atoms with Gasteiger partial charge in [-0.05, 0) is 26.7 Å². The number of hydrogen-bond donors (Lipinski definition) is 2. The molecule has 1 aliphatic heterocycles. The Hall–Kier alpha value is -2.74. The minimum Gasteiger partial charge on any atom is -0.440 e. The maximum atomic E-state index is 13.0. The Balaban J connectivity index is 1.49. The van der Waals surface area contributed by atoms with Crippen LogP contribution in [0.1, 0.15) is 40.5 Å². The minimum absolute atomic E-state index is 0.0452. The molecule has 0 aromatic carbocycles. The summed E-state index contributed by atoms with van der Waals surface area (Å²) in [4.78, 5) is 49.7. The number of imide groups is 1. The first-order chi connectivity index (χ1) is 13.9. The van der Waals surface area contributed by atoms with Crippen molar-refractivity contribution >= 4 is 23.7 Å². The predicted octanol–water partition coefficient (Wildman–Crippen LogP) is 1.40. The van der Waals surface area contributed by atoms with Crippen LogP contribution in [0.15, 0.2) is 34.9 Å². The van der Waals surface area contributed by atoms with Crippen LogP contribution >= 0.6 is 0 Å². The lowest BCUT2D eigenvalue weighted by Gasteiger charge is -2.40. The third-order valence-electron chi connectivity index (χ3n) is 6.97. The number of Topliss-reactive ketones (excluding diaryl/α,β-unsaturated/α-hetero) is 1. The van der Waals surface area contributed by atoms with E-state index < -0.39 is 40.4 Å². The van der Waals surface area contributed by atoms with E-state index >= 15 is 0 Å². The third-order valence-corrected chi connectivity index (χ3v) is 6.97. The zero-order valence-electron chi connectivity index (χ0n) is 17.6. The molecule has 30 heavy (non-hydrogen) atoms. The van der Waals surface area contributed by atoms with Gasteiger partial charge in [0, 0.05) is 47.2 Å². The van der Waals surface area contributed by atoms with Crippen molar-refractivity contribution in [3.8, 4) is 0 Å². The standard InChI is InChI=1S/C22H26N2O6/c1-12-16-13(17(27)21(4,29)22(12)7-8-22)11-20(2,3)18(16)30-19(28)23-9-10-24-14(25)5-6-15(24)26/h5-6,11,18,29H,7-10H2,1-4H3,(H,23,28)/t18-,21-/m0/s1. The zero-order chi connectivity index (χ0) is 22.1. The molecule has 1 heterocycles. The third kappa shape index (κ3) is 2.77. The van der Waals surface area contributed by atoms with Gasteiger partial charge in [0.25, 0.3) is 11.8 Å². The summed E-state index contributed by atoms with van der Waals surface area (Å²) >= 11 is 0. The van der Waals surface area contributed by atoms with Crippen molar-refractivity contribution in [3.05, 3.63) is 34.9 Å². The molecular formula is C22H26N2O6. The maximum Gasteiger partial charge on any atom is 0.407 e. The van der Waals surface area contributed by atoms with Gasteiger partial charge in [0.05, 0.1) is 0 Å². The number of fused-ring (bicyclic) bond motifs is 1. The van der Waals surface area contributed by atoms with Gasteiger partial charge in [-0.15, -0.1) is 0 Å². The largest absolute Gasteiger partial charge is 0.440 e. The van der Waals surface area contributed by atoms with Crippen LogP contribution in [0.2, 0.25) is 0 Å². The number of rotatable bonds is 4. The summed E-state index contributed by atoms with van der Waals surface area (Å²) in [5.74, 6) is -1.15. The monoisotopic (exact) mass is 414 g/mol. The molecule has 0 bridgehead atoms. The van der Waals surface area contributed by atoms with Crippen molar-refractivity contribution in [2.45, 2.75) is 52.2 Å². The Morgan fingerprint density at radius 2 is 1.80 bits per heavy atom. The Kier molecular flexibility index (Phi) is 4.36. The van der Waals surface area contributed by atoms with Crippen molar-refractivity contribution in [3.63, 3.8) is 0 Å². The number of ketones is 1. The lowest BCUT2D eigenvalue weighted by Crippen LogP contribution is -2.50. The highest BCUT2D eigenvalue weighted by atomic mass is 16.6. The lowest BCUT2D eigenvalue weighted by atomic mass is 9.67. The number of carbonyl (C=O) groups excluding carboxylic acids is 4. The van der Waals surface area contributed by atoms with Crippen LogP contribution < -0.4 is 5.32 Å². The van der Waals surface area contributed by atoms with Gasteiger partial charge in [0.2, 0.25) is 0 Å². The van der Waals surface area contributed by atoms with Crippen LogP contribution in [0.5, 0.6) is 0 Å². The number of ether oxygens (including phenoxy) is 1. The highest BCUT2D eigenvalue weighted by Gasteiger charge is 2.66. The van der Waals surface area contributed by atoms with Gasteiger partial charge in [0.1, 0.15) is 11.7 Å². The van der Waals surface area contributed by atoms with Crippen molar-refractivity contribution in [2.75, 3.05) is 13.1 Å². The summed E-state index contributed by atoms with van der Waals surface area (Å²) in [6, 6.07) is 0. The fraction of sp³-hybridized carbons (Fsp3) is 0.545. The highest BCUT2D eigenvalue weighted by molar-refractivity contribution is 6.13. The van der Waals surface area contributed by atoms with Crippen LogP contribution in [-0.4, -0.2) is 58.5 Å². The molecule has 1 saturated carbocycles. The van der Waals surface area contributed by atoms with Crippen molar-refractivity contribution in [1.29, 1.82) is 0 Å². The van der Waals surface area contributed by atoms with Crippen molar-refractivity contribution in [1.82, 2.24) is 10.2 Å². The van der Waals surface area contributed by atoms with E-state index in [1.54, 1.807) is 13.0 Å². The fourth-order valence-electron chi connectivity index (χ4n) is 5.00. The van der Waals surface area contributed by atoms with Crippen molar-refractivity contribution in [2.24, 2.45) is 10.8 Å². The van der Waals surface area contributed by atoms with E-state index in [-0.39, 0.29) is 18.9 Å². The van der Waals surface area contributed by atoms with Gasteiger partial charge < -0.3 is 15.2 Å². The van der Waals surface area contributed by atoms with E-state index in [0.717, 1.165) is 23.3 Å². The summed E-state index contributed by atoms with van der Waals surface area (Å²) in [5, 5.41) is 13.5. The average Bonchev–Trinajstić information content (AvgIpc) is 3.37. The van der Waals surface area contributed by atoms with Gasteiger partial charge in [-0.1, -0.05) is 25.5 Å². The Morgan fingerprint density at radius 1 is 1.20 bits per heavy atom. The molecule has 2 N–H and O–H groups in total. The Labute approximate surface area is 174 Å². The van der Waals surface area contributed by atoms with Gasteiger partial charge in [-0.3, -0.25) is 19.3 Å². The number of nitrogens with one attached hydrogen (secondary N) is 1. The molecule has 160 valence electrons. The molecule has 3 amide bonds. The zero-order valence-corrected chi connectivity index (χ0v) is 17.6. The van der Waals surface area contributed by atoms with Crippen LogP contribution in [-0.2, 0) is 19.1 Å². The smallest absolute Gasteiger partial charge is 0.407 e. The molecule has 0 aromatic rings. The second-order valence-corrected chi connectivity index (χ2v) is 9.28. The molecule has 0 aromatic heterocycles. The van der Waals surface area contributed by atoms with Crippen LogP contribution in [0.3, 0.4) is 0 Å². The van der Waals surface area contributed by atoms with Crippen LogP contribution in [0.25, 0.3) is 0 Å². The molecule has 8 heteroatoms. The molecule has 0 unspecified atom stereocenters. The van der Waals surface area contributed by atoms with E-state index in [4.69, 9.17) is 4.74 Å². The first-order valence-corrected chi connectivity index (χ1v) is 10.1. The summed E-state index contributed by atoms with van der Waals surface area (Å²) < 4.78 is 5.72. The van der Waals surface area contributed by atoms with Crippen LogP contribution in [0, 0.1) is 10.8 Å². The number of amides is 3.